The van der Waals surface area contributed by atoms with Crippen molar-refractivity contribution >= 4 is 17.7 Å². The number of hydrogen-bond donors (Lipinski definition) is 3. The molecule has 0 bridgehead atoms. The second-order valence-electron chi connectivity index (χ2n) is 4.33. The van der Waals surface area contributed by atoms with Crippen LogP contribution >= 0.6 is 0 Å². The van der Waals surface area contributed by atoms with Crippen molar-refractivity contribution in [2.45, 2.75) is 32.7 Å². The van der Waals surface area contributed by atoms with Crippen molar-refractivity contribution in [3.05, 3.63) is 23.4 Å². The van der Waals surface area contributed by atoms with Crippen LogP contribution in [0.4, 0.5) is 5.82 Å². The summed E-state index contributed by atoms with van der Waals surface area (Å²) in [6.07, 6.45) is 1.85. The molecule has 0 fully saturated rings. The number of primary amides is 1. The molecule has 0 saturated heterocycles. The maximum Gasteiger partial charge on any atom is 0.329 e. The number of aryl methyl sites for hydroxylation is 1. The first-order valence-corrected chi connectivity index (χ1v) is 5.59. The third kappa shape index (κ3) is 2.58. The number of carboxylic acids is 1. The van der Waals surface area contributed by atoms with E-state index in [1.807, 2.05) is 0 Å². The maximum atomic E-state index is 11.4. The Labute approximate surface area is 105 Å². The van der Waals surface area contributed by atoms with Crippen molar-refractivity contribution in [1.82, 2.24) is 4.98 Å². The van der Waals surface area contributed by atoms with E-state index >= 15 is 0 Å². The predicted octanol–water partition coefficient (Wildman–Crippen LogP) is 1.15. The molecule has 0 aliphatic heterocycles. The Bertz CT molecular complexity index is 487. The largest absolute Gasteiger partial charge is 0.480 e. The van der Waals surface area contributed by atoms with Crippen molar-refractivity contribution in [3.63, 3.8) is 0 Å². The second-order valence-corrected chi connectivity index (χ2v) is 4.33. The molecule has 1 rings (SSSR count). The van der Waals surface area contributed by atoms with Crippen molar-refractivity contribution in [2.24, 2.45) is 5.73 Å². The Morgan fingerprint density at radius 3 is 2.61 bits per heavy atom. The Balaban J connectivity index is 3.23. The number of rotatable bonds is 5. The highest BCUT2D eigenvalue weighted by molar-refractivity contribution is 5.99. The molecule has 18 heavy (non-hydrogen) atoms. The monoisotopic (exact) mass is 251 g/mol. The van der Waals surface area contributed by atoms with Gasteiger partial charge in [0.15, 0.2) is 0 Å². The molecule has 98 valence electrons. The fourth-order valence-corrected chi connectivity index (χ4v) is 1.52. The van der Waals surface area contributed by atoms with Crippen LogP contribution in [-0.4, -0.2) is 27.5 Å². The van der Waals surface area contributed by atoms with Gasteiger partial charge in [0.1, 0.15) is 11.4 Å². The van der Waals surface area contributed by atoms with Crippen molar-refractivity contribution < 1.29 is 14.7 Å². The van der Waals surface area contributed by atoms with Gasteiger partial charge in [0.05, 0.1) is 5.56 Å². The molecule has 1 heterocycles. The summed E-state index contributed by atoms with van der Waals surface area (Å²) < 4.78 is 0. The van der Waals surface area contributed by atoms with Gasteiger partial charge in [0.2, 0.25) is 0 Å². The lowest BCUT2D eigenvalue weighted by Crippen LogP contribution is -2.43. The highest BCUT2D eigenvalue weighted by atomic mass is 16.4. The van der Waals surface area contributed by atoms with Gasteiger partial charge in [-0.15, -0.1) is 0 Å². The fourth-order valence-electron chi connectivity index (χ4n) is 1.52. The summed E-state index contributed by atoms with van der Waals surface area (Å²) in [5.74, 6) is -1.44. The minimum absolute atomic E-state index is 0.203. The van der Waals surface area contributed by atoms with Crippen LogP contribution in [0.1, 0.15) is 36.2 Å². The number of carbonyl (C=O) groups excluding carboxylic acids is 1. The zero-order valence-corrected chi connectivity index (χ0v) is 10.7. The van der Waals surface area contributed by atoms with Gasteiger partial charge < -0.3 is 16.2 Å². The number of nitrogens with zero attached hydrogens (tertiary/aromatic N) is 1. The average Bonchev–Trinajstić information content (AvgIpc) is 2.28. The lowest BCUT2D eigenvalue weighted by Gasteiger charge is -2.26. The molecule has 6 heteroatoms. The van der Waals surface area contributed by atoms with Crippen LogP contribution in [0.3, 0.4) is 0 Å². The molecule has 0 saturated carbocycles. The van der Waals surface area contributed by atoms with E-state index in [0.29, 0.717) is 12.0 Å². The first-order valence-electron chi connectivity index (χ1n) is 5.59. The van der Waals surface area contributed by atoms with Crippen LogP contribution in [-0.2, 0) is 4.79 Å². The summed E-state index contributed by atoms with van der Waals surface area (Å²) in [5, 5.41) is 12.0. The number of nitrogens with two attached hydrogens (primary N) is 1. The summed E-state index contributed by atoms with van der Waals surface area (Å²) >= 11 is 0. The molecule has 1 unspecified atom stereocenters. The molecule has 0 spiro atoms. The number of aromatic nitrogens is 1. The highest BCUT2D eigenvalue weighted by Crippen LogP contribution is 2.22. The van der Waals surface area contributed by atoms with Gasteiger partial charge >= 0.3 is 5.97 Å². The highest BCUT2D eigenvalue weighted by Gasteiger charge is 2.32. The van der Waals surface area contributed by atoms with Crippen LogP contribution in [0.5, 0.6) is 0 Å². The lowest BCUT2D eigenvalue weighted by molar-refractivity contribution is -0.141. The van der Waals surface area contributed by atoms with Crippen LogP contribution in [0.15, 0.2) is 12.3 Å². The zero-order chi connectivity index (χ0) is 13.9. The van der Waals surface area contributed by atoms with E-state index in [0.717, 1.165) is 0 Å². The van der Waals surface area contributed by atoms with Gasteiger partial charge in [-0.2, -0.15) is 0 Å². The molecule has 0 aromatic carbocycles. The van der Waals surface area contributed by atoms with E-state index in [-0.39, 0.29) is 11.4 Å². The molecule has 6 nitrogen and oxygen atoms in total. The smallest absolute Gasteiger partial charge is 0.329 e. The normalized spacial score (nSPS) is 13.7. The van der Waals surface area contributed by atoms with E-state index in [4.69, 9.17) is 5.73 Å². The first kappa shape index (κ1) is 14.0. The van der Waals surface area contributed by atoms with Crippen LogP contribution in [0.25, 0.3) is 0 Å². The van der Waals surface area contributed by atoms with Crippen LogP contribution in [0.2, 0.25) is 0 Å². The van der Waals surface area contributed by atoms with Gasteiger partial charge in [-0.1, -0.05) is 6.92 Å². The van der Waals surface area contributed by atoms with Crippen molar-refractivity contribution in [2.75, 3.05) is 5.32 Å². The number of aliphatic carboxylic acids is 1. The van der Waals surface area contributed by atoms with Gasteiger partial charge in [-0.3, -0.25) is 4.79 Å². The standard InChI is InChI=1S/C12H17N3O3/c1-4-12(3,11(17)18)15-10-8(9(13)16)7(2)5-6-14-10/h5-6H,4H2,1-3H3,(H2,13,16)(H,14,15)(H,17,18). The number of nitrogens with one attached hydrogen (secondary N) is 1. The molecule has 1 amide bonds. The third-order valence-electron chi connectivity index (χ3n) is 2.98. The summed E-state index contributed by atoms with van der Waals surface area (Å²) in [6, 6.07) is 1.65. The molecular weight excluding hydrogens is 234 g/mol. The molecule has 0 aliphatic rings. The van der Waals surface area contributed by atoms with E-state index in [1.165, 1.54) is 13.1 Å². The Hall–Kier alpha value is -2.11. The molecule has 4 N–H and O–H groups in total. The number of hydrogen-bond acceptors (Lipinski definition) is 4. The number of pyridine rings is 1. The first-order chi connectivity index (χ1) is 8.31. The molecular formula is C12H17N3O3. The topological polar surface area (TPSA) is 105 Å². The predicted molar refractivity (Wildman–Crippen MR) is 67.4 cm³/mol. The number of carbonyl (C=O) groups is 2. The summed E-state index contributed by atoms with van der Waals surface area (Å²) in [4.78, 5) is 26.6. The number of anilines is 1. The van der Waals surface area contributed by atoms with Crippen molar-refractivity contribution in [1.29, 1.82) is 0 Å². The second kappa shape index (κ2) is 5.03. The summed E-state index contributed by atoms with van der Waals surface area (Å²) in [5.41, 5.74) is 4.97. The Morgan fingerprint density at radius 1 is 1.56 bits per heavy atom. The minimum Gasteiger partial charge on any atom is -0.480 e. The molecule has 1 atom stereocenters. The summed E-state index contributed by atoms with van der Waals surface area (Å²) in [7, 11) is 0. The third-order valence-corrected chi connectivity index (χ3v) is 2.98. The van der Waals surface area contributed by atoms with Gasteiger partial charge in [-0.25, -0.2) is 9.78 Å². The SMILES string of the molecule is CCC(C)(Nc1nccc(C)c1C(N)=O)C(=O)O. The molecule has 0 radical (unpaired) electrons. The Morgan fingerprint density at radius 2 is 2.17 bits per heavy atom. The van der Waals surface area contributed by atoms with E-state index in [9.17, 15) is 14.7 Å². The summed E-state index contributed by atoms with van der Waals surface area (Å²) in [6.45, 7) is 4.99. The molecule has 1 aromatic rings. The fraction of sp³-hybridized carbons (Fsp3) is 0.417. The number of carboxylic acid groups (broad SMARTS) is 1. The lowest BCUT2D eigenvalue weighted by atomic mass is 9.98. The quantitative estimate of drug-likeness (QED) is 0.728. The van der Waals surface area contributed by atoms with Crippen molar-refractivity contribution in [3.8, 4) is 0 Å². The van der Waals surface area contributed by atoms with E-state index in [2.05, 4.69) is 10.3 Å². The minimum atomic E-state index is -1.19. The maximum absolute atomic E-state index is 11.4. The number of amides is 1. The van der Waals surface area contributed by atoms with Gasteiger partial charge in [-0.05, 0) is 31.9 Å². The Kier molecular flexibility index (Phi) is 3.90. The van der Waals surface area contributed by atoms with Crippen LogP contribution in [0, 0.1) is 6.92 Å². The average molecular weight is 251 g/mol. The molecule has 0 aliphatic carbocycles. The zero-order valence-electron chi connectivity index (χ0n) is 10.7. The van der Waals surface area contributed by atoms with E-state index in [1.54, 1.807) is 19.9 Å². The molecule has 1 aromatic heterocycles. The van der Waals surface area contributed by atoms with Gasteiger partial charge in [0, 0.05) is 6.20 Å². The van der Waals surface area contributed by atoms with Crippen LogP contribution < -0.4 is 11.1 Å². The van der Waals surface area contributed by atoms with Gasteiger partial charge in [0.25, 0.3) is 5.91 Å². The van der Waals surface area contributed by atoms with E-state index < -0.39 is 17.4 Å².